The van der Waals surface area contributed by atoms with E-state index in [1.807, 2.05) is 19.3 Å². The van der Waals surface area contributed by atoms with Gasteiger partial charge in [-0.15, -0.1) is 0 Å². The van der Waals surface area contributed by atoms with E-state index < -0.39 is 15.8 Å². The Hall–Kier alpha value is -2.23. The van der Waals surface area contributed by atoms with Gasteiger partial charge < -0.3 is 9.47 Å². The summed E-state index contributed by atoms with van der Waals surface area (Å²) in [5.41, 5.74) is 1.22. The Labute approximate surface area is 176 Å². The number of hydrogen-bond donors (Lipinski definition) is 0. The molecule has 9 heteroatoms. The van der Waals surface area contributed by atoms with Crippen LogP contribution in [0.2, 0.25) is 0 Å². The number of likely N-dealkylation sites (tertiary alicyclic amines) is 1. The SMILES string of the molecule is Cn1cccc1[C@H]1CCCN1CC(=O)N1CCN(S(=O)(=O)c2ccc(F)cc2)CC1. The number of aryl methyl sites for hydroxylation is 1. The van der Waals surface area contributed by atoms with E-state index >= 15 is 0 Å². The second-order valence-corrected chi connectivity index (χ2v) is 9.85. The Balaban J connectivity index is 1.35. The first-order chi connectivity index (χ1) is 14.4. The van der Waals surface area contributed by atoms with Gasteiger partial charge in [-0.25, -0.2) is 12.8 Å². The number of hydrogen-bond acceptors (Lipinski definition) is 4. The highest BCUT2D eigenvalue weighted by atomic mass is 32.2. The topological polar surface area (TPSA) is 65.9 Å². The van der Waals surface area contributed by atoms with Crippen molar-refractivity contribution in [3.63, 3.8) is 0 Å². The lowest BCUT2D eigenvalue weighted by atomic mass is 10.1. The van der Waals surface area contributed by atoms with Gasteiger partial charge in [0, 0.05) is 45.1 Å². The van der Waals surface area contributed by atoms with Gasteiger partial charge in [0.1, 0.15) is 5.82 Å². The molecule has 2 saturated heterocycles. The molecule has 3 heterocycles. The number of amides is 1. The number of piperazine rings is 1. The smallest absolute Gasteiger partial charge is 0.243 e. The van der Waals surface area contributed by atoms with Crippen LogP contribution in [-0.4, -0.2) is 72.3 Å². The first kappa shape index (κ1) is 21.0. The largest absolute Gasteiger partial charge is 0.353 e. The molecule has 0 aliphatic carbocycles. The van der Waals surface area contributed by atoms with Gasteiger partial charge in [0.25, 0.3) is 0 Å². The highest BCUT2D eigenvalue weighted by Gasteiger charge is 2.33. The fourth-order valence-electron chi connectivity index (χ4n) is 4.38. The van der Waals surface area contributed by atoms with Crippen LogP contribution < -0.4 is 0 Å². The van der Waals surface area contributed by atoms with E-state index in [1.165, 1.54) is 22.1 Å². The summed E-state index contributed by atoms with van der Waals surface area (Å²) in [7, 11) is -1.66. The minimum atomic E-state index is -3.68. The van der Waals surface area contributed by atoms with Crippen LogP contribution in [0.1, 0.15) is 24.6 Å². The molecular formula is C21H27FN4O3S. The molecule has 0 radical (unpaired) electrons. The number of nitrogens with zero attached hydrogens (tertiary/aromatic N) is 4. The van der Waals surface area contributed by atoms with Gasteiger partial charge in [0.15, 0.2) is 0 Å². The van der Waals surface area contributed by atoms with E-state index in [0.29, 0.717) is 19.6 Å². The van der Waals surface area contributed by atoms with Gasteiger partial charge in [0.2, 0.25) is 15.9 Å². The molecule has 1 amide bonds. The molecule has 2 aliphatic rings. The number of sulfonamides is 1. The van der Waals surface area contributed by atoms with Gasteiger partial charge in [-0.3, -0.25) is 9.69 Å². The molecule has 1 atom stereocenters. The van der Waals surface area contributed by atoms with Gasteiger partial charge in [-0.2, -0.15) is 4.31 Å². The maximum absolute atomic E-state index is 13.1. The Bertz CT molecular complexity index is 998. The minimum absolute atomic E-state index is 0.0370. The fraction of sp³-hybridized carbons (Fsp3) is 0.476. The number of aromatic nitrogens is 1. The highest BCUT2D eigenvalue weighted by Crippen LogP contribution is 2.31. The molecular weight excluding hydrogens is 407 g/mol. The number of carbonyl (C=O) groups is 1. The van der Waals surface area contributed by atoms with Crippen molar-refractivity contribution in [2.75, 3.05) is 39.3 Å². The third-order valence-corrected chi connectivity index (χ3v) is 7.98. The van der Waals surface area contributed by atoms with Crippen molar-refractivity contribution in [3.8, 4) is 0 Å². The summed E-state index contributed by atoms with van der Waals surface area (Å²) >= 11 is 0. The molecule has 1 aromatic carbocycles. The molecule has 0 spiro atoms. The zero-order valence-electron chi connectivity index (χ0n) is 17.1. The molecule has 4 rings (SSSR count). The van der Waals surface area contributed by atoms with Crippen LogP contribution in [0, 0.1) is 5.82 Å². The second kappa shape index (κ2) is 8.49. The van der Waals surface area contributed by atoms with Crippen molar-refractivity contribution >= 4 is 15.9 Å². The number of rotatable bonds is 5. The summed E-state index contributed by atoms with van der Waals surface area (Å²) in [5.74, 6) is -0.435. The third kappa shape index (κ3) is 4.14. The molecule has 1 aromatic heterocycles. The maximum Gasteiger partial charge on any atom is 0.243 e. The zero-order chi connectivity index (χ0) is 21.3. The molecule has 0 saturated carbocycles. The maximum atomic E-state index is 13.1. The quantitative estimate of drug-likeness (QED) is 0.720. The van der Waals surface area contributed by atoms with Crippen LogP contribution in [0.3, 0.4) is 0 Å². The first-order valence-electron chi connectivity index (χ1n) is 10.2. The van der Waals surface area contributed by atoms with Gasteiger partial charge >= 0.3 is 0 Å². The van der Waals surface area contributed by atoms with Gasteiger partial charge in [-0.05, 0) is 55.8 Å². The van der Waals surface area contributed by atoms with E-state index in [-0.39, 0.29) is 29.9 Å². The summed E-state index contributed by atoms with van der Waals surface area (Å²) in [6.45, 7) is 2.45. The summed E-state index contributed by atoms with van der Waals surface area (Å²) in [6.07, 6.45) is 4.12. The molecule has 162 valence electrons. The van der Waals surface area contributed by atoms with E-state index in [4.69, 9.17) is 0 Å². The first-order valence-corrected chi connectivity index (χ1v) is 11.7. The lowest BCUT2D eigenvalue weighted by molar-refractivity contribution is -0.133. The monoisotopic (exact) mass is 434 g/mol. The Kier molecular flexibility index (Phi) is 5.95. The molecule has 2 fully saturated rings. The van der Waals surface area contributed by atoms with E-state index in [0.717, 1.165) is 31.5 Å². The molecule has 0 N–H and O–H groups in total. The van der Waals surface area contributed by atoms with Crippen LogP contribution in [0.4, 0.5) is 4.39 Å². The van der Waals surface area contributed by atoms with Crippen LogP contribution in [0.5, 0.6) is 0 Å². The molecule has 30 heavy (non-hydrogen) atoms. The average molecular weight is 435 g/mol. The molecule has 2 aromatic rings. The Morgan fingerprint density at radius 2 is 1.77 bits per heavy atom. The predicted octanol–water partition coefficient (Wildman–Crippen LogP) is 1.83. The summed E-state index contributed by atoms with van der Waals surface area (Å²) in [4.78, 5) is 16.9. The average Bonchev–Trinajstić information content (AvgIpc) is 3.36. The van der Waals surface area contributed by atoms with Crippen molar-refractivity contribution in [1.82, 2.24) is 18.7 Å². The third-order valence-electron chi connectivity index (χ3n) is 6.07. The lowest BCUT2D eigenvalue weighted by Gasteiger charge is -2.35. The Morgan fingerprint density at radius 1 is 1.07 bits per heavy atom. The van der Waals surface area contributed by atoms with Gasteiger partial charge in [0.05, 0.1) is 17.5 Å². The lowest BCUT2D eigenvalue weighted by Crippen LogP contribution is -2.52. The molecule has 0 unspecified atom stereocenters. The zero-order valence-corrected chi connectivity index (χ0v) is 17.9. The Morgan fingerprint density at radius 3 is 2.40 bits per heavy atom. The van der Waals surface area contributed by atoms with Crippen molar-refractivity contribution in [2.45, 2.75) is 23.8 Å². The van der Waals surface area contributed by atoms with Crippen molar-refractivity contribution < 1.29 is 17.6 Å². The van der Waals surface area contributed by atoms with Crippen LogP contribution in [-0.2, 0) is 21.9 Å². The standard InChI is InChI=1S/C21H27FN4O3S/c1-23-10-2-4-19(23)20-5-3-11-25(20)16-21(27)24-12-14-26(15-13-24)30(28,29)18-8-6-17(22)7-9-18/h2,4,6-10,20H,3,5,11-16H2,1H3/t20-/m1/s1. The van der Waals surface area contributed by atoms with E-state index in [2.05, 4.69) is 15.5 Å². The predicted molar refractivity (Wildman–Crippen MR) is 111 cm³/mol. The molecule has 0 bridgehead atoms. The summed E-state index contributed by atoms with van der Waals surface area (Å²) < 4.78 is 42.1. The molecule has 2 aliphatic heterocycles. The normalized spacial score (nSPS) is 21.3. The fourth-order valence-corrected chi connectivity index (χ4v) is 5.80. The van der Waals surface area contributed by atoms with Crippen LogP contribution in [0.15, 0.2) is 47.5 Å². The number of halogens is 1. The van der Waals surface area contributed by atoms with Crippen molar-refractivity contribution in [2.24, 2.45) is 7.05 Å². The molecule has 7 nitrogen and oxygen atoms in total. The minimum Gasteiger partial charge on any atom is -0.353 e. The number of benzene rings is 1. The van der Waals surface area contributed by atoms with Crippen LogP contribution in [0.25, 0.3) is 0 Å². The van der Waals surface area contributed by atoms with Crippen LogP contribution >= 0.6 is 0 Å². The van der Waals surface area contributed by atoms with Crippen molar-refractivity contribution in [3.05, 3.63) is 54.1 Å². The highest BCUT2D eigenvalue weighted by molar-refractivity contribution is 7.89. The summed E-state index contributed by atoms with van der Waals surface area (Å²) in [5, 5.41) is 0. The van der Waals surface area contributed by atoms with Crippen molar-refractivity contribution in [1.29, 1.82) is 0 Å². The second-order valence-electron chi connectivity index (χ2n) is 7.91. The van der Waals surface area contributed by atoms with Gasteiger partial charge in [-0.1, -0.05) is 0 Å². The summed E-state index contributed by atoms with van der Waals surface area (Å²) in [6, 6.07) is 9.21. The van der Waals surface area contributed by atoms with E-state index in [9.17, 15) is 17.6 Å². The van der Waals surface area contributed by atoms with E-state index in [1.54, 1.807) is 4.90 Å². The number of carbonyl (C=O) groups excluding carboxylic acids is 1.